The number of piperidine rings is 1. The lowest BCUT2D eigenvalue weighted by Crippen LogP contribution is -2.38. The summed E-state index contributed by atoms with van der Waals surface area (Å²) < 4.78 is 6.10. The number of likely N-dealkylation sites (tertiary alicyclic amines) is 1. The topological polar surface area (TPSA) is 51.1 Å². The molecule has 6 heteroatoms. The van der Waals surface area contributed by atoms with Crippen molar-refractivity contribution < 1.29 is 4.74 Å². The summed E-state index contributed by atoms with van der Waals surface area (Å²) in [7, 11) is 0. The van der Waals surface area contributed by atoms with Gasteiger partial charge in [-0.05, 0) is 46.0 Å². The van der Waals surface area contributed by atoms with Gasteiger partial charge in [0.1, 0.15) is 11.1 Å². The Morgan fingerprint density at radius 3 is 2.83 bits per heavy atom. The summed E-state index contributed by atoms with van der Waals surface area (Å²) in [6, 6.07) is 0. The summed E-state index contributed by atoms with van der Waals surface area (Å²) >= 11 is 1.92. The van der Waals surface area contributed by atoms with Crippen molar-refractivity contribution in [2.75, 3.05) is 13.1 Å². The lowest BCUT2D eigenvalue weighted by atomic mass is 10.1. The average molecular weight is 344 g/mol. The number of hydrogen-bond donors (Lipinski definition) is 0. The highest BCUT2D eigenvalue weighted by Gasteiger charge is 2.24. The Morgan fingerprint density at radius 1 is 1.21 bits per heavy atom. The van der Waals surface area contributed by atoms with Crippen LogP contribution in [0.25, 0.3) is 0 Å². The van der Waals surface area contributed by atoms with Gasteiger partial charge in [0.2, 0.25) is 5.88 Å². The maximum Gasteiger partial charge on any atom is 0.235 e. The fourth-order valence-corrected chi connectivity index (χ4v) is 4.67. The van der Waals surface area contributed by atoms with Crippen LogP contribution in [0.4, 0.5) is 0 Å². The van der Waals surface area contributed by atoms with E-state index in [2.05, 4.69) is 14.9 Å². The molecule has 24 heavy (non-hydrogen) atoms. The van der Waals surface area contributed by atoms with E-state index in [1.807, 2.05) is 25.2 Å². The molecule has 0 amide bonds. The molecule has 0 spiro atoms. The number of rotatable bonds is 4. The Hall–Kier alpha value is -1.53. The van der Waals surface area contributed by atoms with E-state index in [1.165, 1.54) is 34.8 Å². The van der Waals surface area contributed by atoms with Crippen molar-refractivity contribution in [1.29, 1.82) is 0 Å². The molecule has 2 aromatic heterocycles. The van der Waals surface area contributed by atoms with E-state index >= 15 is 0 Å². The fourth-order valence-electron chi connectivity index (χ4n) is 3.47. The highest BCUT2D eigenvalue weighted by Crippen LogP contribution is 2.29. The quantitative estimate of drug-likeness (QED) is 0.853. The number of aryl methyl sites for hydroxylation is 4. The Bertz CT molecular complexity index is 700. The van der Waals surface area contributed by atoms with Crippen LogP contribution in [0.5, 0.6) is 5.88 Å². The molecule has 0 aromatic carbocycles. The molecule has 0 saturated carbocycles. The third-order valence-electron chi connectivity index (χ3n) is 4.84. The first kappa shape index (κ1) is 16.0. The standard InChI is InChI=1S/C18H24N4OS/c1-12-10-19-13(2)18(20-12)23-14-6-8-22(9-7-14)11-17-21-15-4-3-5-16(15)24-17/h10,14H,3-9,11H2,1-2H3. The molecule has 128 valence electrons. The van der Waals surface area contributed by atoms with Gasteiger partial charge in [-0.1, -0.05) is 0 Å². The summed E-state index contributed by atoms with van der Waals surface area (Å²) in [6.45, 7) is 7.03. The highest BCUT2D eigenvalue weighted by atomic mass is 32.1. The SMILES string of the molecule is Cc1cnc(C)c(OC2CCN(Cc3nc4c(s3)CCC4)CC2)n1. The van der Waals surface area contributed by atoms with E-state index in [9.17, 15) is 0 Å². The molecule has 0 unspecified atom stereocenters. The largest absolute Gasteiger partial charge is 0.473 e. The highest BCUT2D eigenvalue weighted by molar-refractivity contribution is 7.11. The van der Waals surface area contributed by atoms with Crippen LogP contribution >= 0.6 is 11.3 Å². The molecule has 0 N–H and O–H groups in total. The zero-order valence-electron chi connectivity index (χ0n) is 14.4. The number of thiazole rings is 1. The Labute approximate surface area is 147 Å². The smallest absolute Gasteiger partial charge is 0.235 e. The van der Waals surface area contributed by atoms with Gasteiger partial charge < -0.3 is 4.74 Å². The van der Waals surface area contributed by atoms with Gasteiger partial charge in [0, 0.05) is 24.2 Å². The van der Waals surface area contributed by atoms with Crippen molar-refractivity contribution in [2.24, 2.45) is 0 Å². The lowest BCUT2D eigenvalue weighted by Gasteiger charge is -2.31. The van der Waals surface area contributed by atoms with Gasteiger partial charge in [0.25, 0.3) is 0 Å². The second-order valence-electron chi connectivity index (χ2n) is 6.83. The van der Waals surface area contributed by atoms with Crippen molar-refractivity contribution in [2.45, 2.75) is 58.6 Å². The van der Waals surface area contributed by atoms with E-state index in [1.54, 1.807) is 6.20 Å². The minimum atomic E-state index is 0.248. The predicted molar refractivity (Wildman–Crippen MR) is 94.6 cm³/mol. The van der Waals surface area contributed by atoms with Crippen molar-refractivity contribution in [3.63, 3.8) is 0 Å². The van der Waals surface area contributed by atoms with Crippen molar-refractivity contribution in [3.05, 3.63) is 33.2 Å². The van der Waals surface area contributed by atoms with E-state index in [4.69, 9.17) is 9.72 Å². The van der Waals surface area contributed by atoms with Gasteiger partial charge in [-0.15, -0.1) is 11.3 Å². The van der Waals surface area contributed by atoms with Crippen LogP contribution < -0.4 is 4.74 Å². The predicted octanol–water partition coefficient (Wildman–Crippen LogP) is 3.08. The second-order valence-corrected chi connectivity index (χ2v) is 7.99. The van der Waals surface area contributed by atoms with Crippen LogP contribution in [-0.2, 0) is 19.4 Å². The van der Waals surface area contributed by atoms with Gasteiger partial charge in [-0.25, -0.2) is 9.97 Å². The Kier molecular flexibility index (Phi) is 4.50. The lowest BCUT2D eigenvalue weighted by molar-refractivity contribution is 0.0920. The molecule has 4 rings (SSSR count). The number of aromatic nitrogens is 3. The van der Waals surface area contributed by atoms with Gasteiger partial charge in [0.15, 0.2) is 0 Å². The maximum absolute atomic E-state index is 6.10. The molecule has 1 aliphatic carbocycles. The minimum absolute atomic E-state index is 0.248. The van der Waals surface area contributed by atoms with Crippen LogP contribution in [0.3, 0.4) is 0 Å². The monoisotopic (exact) mass is 344 g/mol. The summed E-state index contributed by atoms with van der Waals surface area (Å²) in [5, 5.41) is 1.29. The van der Waals surface area contributed by atoms with E-state index in [-0.39, 0.29) is 6.10 Å². The van der Waals surface area contributed by atoms with Gasteiger partial charge in [-0.2, -0.15) is 0 Å². The first-order valence-electron chi connectivity index (χ1n) is 8.84. The van der Waals surface area contributed by atoms with Crippen LogP contribution in [0.1, 0.15) is 46.2 Å². The Balaban J connectivity index is 1.30. The number of nitrogens with zero attached hydrogens (tertiary/aromatic N) is 4. The van der Waals surface area contributed by atoms with Crippen molar-refractivity contribution in [3.8, 4) is 5.88 Å². The first-order chi connectivity index (χ1) is 11.7. The molecule has 1 fully saturated rings. The summed E-state index contributed by atoms with van der Waals surface area (Å²) in [6.07, 6.45) is 7.82. The first-order valence-corrected chi connectivity index (χ1v) is 9.66. The molecule has 2 aromatic rings. The van der Waals surface area contributed by atoms with Crippen LogP contribution in [0, 0.1) is 13.8 Å². The zero-order valence-corrected chi connectivity index (χ0v) is 15.2. The zero-order chi connectivity index (χ0) is 16.5. The summed E-state index contributed by atoms with van der Waals surface area (Å²) in [5.41, 5.74) is 3.15. The number of fused-ring (bicyclic) bond motifs is 1. The maximum atomic E-state index is 6.10. The van der Waals surface area contributed by atoms with E-state index in [0.29, 0.717) is 5.88 Å². The third-order valence-corrected chi connectivity index (χ3v) is 5.99. The second kappa shape index (κ2) is 6.76. The summed E-state index contributed by atoms with van der Waals surface area (Å²) in [5.74, 6) is 0.699. The number of hydrogen-bond acceptors (Lipinski definition) is 6. The molecule has 0 bridgehead atoms. The van der Waals surface area contributed by atoms with Gasteiger partial charge in [-0.3, -0.25) is 9.88 Å². The van der Waals surface area contributed by atoms with Crippen molar-refractivity contribution in [1.82, 2.24) is 19.9 Å². The number of ether oxygens (including phenoxy) is 1. The van der Waals surface area contributed by atoms with Crippen LogP contribution in [0.2, 0.25) is 0 Å². The third kappa shape index (κ3) is 3.44. The normalized spacial score (nSPS) is 18.8. The molecular weight excluding hydrogens is 320 g/mol. The minimum Gasteiger partial charge on any atom is -0.473 e. The fraction of sp³-hybridized carbons (Fsp3) is 0.611. The average Bonchev–Trinajstić information content (AvgIpc) is 3.14. The molecule has 3 heterocycles. The molecule has 0 radical (unpaired) electrons. The van der Waals surface area contributed by atoms with Crippen LogP contribution in [-0.4, -0.2) is 39.0 Å². The molecule has 2 aliphatic rings. The van der Waals surface area contributed by atoms with Crippen LogP contribution in [0.15, 0.2) is 6.20 Å². The molecule has 1 saturated heterocycles. The van der Waals surface area contributed by atoms with Crippen molar-refractivity contribution >= 4 is 11.3 Å². The molecule has 5 nitrogen and oxygen atoms in total. The van der Waals surface area contributed by atoms with Gasteiger partial charge in [0.05, 0.1) is 23.6 Å². The molecular formula is C18H24N4OS. The summed E-state index contributed by atoms with van der Waals surface area (Å²) in [4.78, 5) is 17.7. The molecule has 0 atom stereocenters. The van der Waals surface area contributed by atoms with Gasteiger partial charge >= 0.3 is 0 Å². The van der Waals surface area contributed by atoms with E-state index in [0.717, 1.165) is 43.9 Å². The van der Waals surface area contributed by atoms with E-state index < -0.39 is 0 Å². The molecule has 1 aliphatic heterocycles. The Morgan fingerprint density at radius 2 is 2.04 bits per heavy atom.